The van der Waals surface area contributed by atoms with Crippen LogP contribution in [0.15, 0.2) is 35.3 Å². The summed E-state index contributed by atoms with van der Waals surface area (Å²) in [6.45, 7) is 3.21. The van der Waals surface area contributed by atoms with Crippen LogP contribution in [0.2, 0.25) is 0 Å². The molecule has 108 valence electrons. The molecule has 0 saturated carbocycles. The molecule has 0 bridgehead atoms. The maximum atomic E-state index is 10.3. The van der Waals surface area contributed by atoms with Crippen molar-refractivity contribution in [3.05, 3.63) is 35.2 Å². The molecular formula is C15H21N3OS. The van der Waals surface area contributed by atoms with E-state index in [9.17, 15) is 5.11 Å². The van der Waals surface area contributed by atoms with Gasteiger partial charge in [-0.15, -0.1) is 11.3 Å². The molecule has 1 unspecified atom stereocenters. The number of nitrogens with one attached hydrogen (secondary N) is 1. The van der Waals surface area contributed by atoms with Crippen molar-refractivity contribution in [2.45, 2.75) is 13.0 Å². The number of hydrogen-bond donors (Lipinski definition) is 2. The zero-order valence-electron chi connectivity index (χ0n) is 12.1. The molecule has 0 radical (unpaired) electrons. The smallest absolute Gasteiger partial charge is 0.193 e. The fourth-order valence-electron chi connectivity index (χ4n) is 1.94. The standard InChI is InChI=1S/C15H21N3OS/c1-4-16-15(18(2)3)17-10-12(19)14-9-11-7-5-6-8-13(11)20-14/h5-9,12,19H,4,10H2,1-3H3,(H,16,17). The van der Waals surface area contributed by atoms with Gasteiger partial charge in [0.25, 0.3) is 0 Å². The first-order valence-electron chi connectivity index (χ1n) is 6.74. The lowest BCUT2D eigenvalue weighted by atomic mass is 10.2. The molecule has 20 heavy (non-hydrogen) atoms. The molecule has 5 heteroatoms. The van der Waals surface area contributed by atoms with Crippen LogP contribution in [0.25, 0.3) is 10.1 Å². The molecule has 0 aliphatic rings. The van der Waals surface area contributed by atoms with Crippen molar-refractivity contribution < 1.29 is 5.11 Å². The van der Waals surface area contributed by atoms with Gasteiger partial charge >= 0.3 is 0 Å². The zero-order chi connectivity index (χ0) is 14.5. The highest BCUT2D eigenvalue weighted by Gasteiger charge is 2.11. The van der Waals surface area contributed by atoms with Gasteiger partial charge in [0.1, 0.15) is 6.10 Å². The van der Waals surface area contributed by atoms with E-state index in [0.717, 1.165) is 17.4 Å². The number of aliphatic hydroxyl groups excluding tert-OH is 1. The molecule has 1 heterocycles. The molecule has 0 amide bonds. The predicted molar refractivity (Wildman–Crippen MR) is 86.5 cm³/mol. The molecule has 2 rings (SSSR count). The van der Waals surface area contributed by atoms with Crippen molar-refractivity contribution in [2.24, 2.45) is 4.99 Å². The molecule has 0 spiro atoms. The molecule has 1 atom stereocenters. The van der Waals surface area contributed by atoms with Crippen molar-refractivity contribution in [2.75, 3.05) is 27.2 Å². The third-order valence-electron chi connectivity index (χ3n) is 2.95. The van der Waals surface area contributed by atoms with E-state index in [1.165, 1.54) is 10.1 Å². The average molecular weight is 291 g/mol. The highest BCUT2D eigenvalue weighted by molar-refractivity contribution is 7.19. The van der Waals surface area contributed by atoms with Gasteiger partial charge in [-0.2, -0.15) is 0 Å². The summed E-state index contributed by atoms with van der Waals surface area (Å²) in [6, 6.07) is 10.2. The van der Waals surface area contributed by atoms with Gasteiger partial charge in [-0.1, -0.05) is 18.2 Å². The summed E-state index contributed by atoms with van der Waals surface area (Å²) < 4.78 is 1.20. The van der Waals surface area contributed by atoms with Crippen LogP contribution in [-0.4, -0.2) is 43.2 Å². The largest absolute Gasteiger partial charge is 0.386 e. The second kappa shape index (κ2) is 6.72. The molecule has 0 saturated heterocycles. The van der Waals surface area contributed by atoms with Gasteiger partial charge < -0.3 is 15.3 Å². The van der Waals surface area contributed by atoms with E-state index in [1.807, 2.05) is 44.1 Å². The minimum absolute atomic E-state index is 0.368. The molecule has 1 aromatic carbocycles. The molecular weight excluding hydrogens is 270 g/mol. The third-order valence-corrected chi connectivity index (χ3v) is 4.16. The third kappa shape index (κ3) is 3.49. The summed E-state index contributed by atoms with van der Waals surface area (Å²) in [5.41, 5.74) is 0. The fourth-order valence-corrected chi connectivity index (χ4v) is 2.98. The number of hydrogen-bond acceptors (Lipinski definition) is 3. The first-order valence-corrected chi connectivity index (χ1v) is 7.55. The van der Waals surface area contributed by atoms with E-state index < -0.39 is 6.10 Å². The average Bonchev–Trinajstić information content (AvgIpc) is 2.86. The van der Waals surface area contributed by atoms with E-state index in [4.69, 9.17) is 0 Å². The van der Waals surface area contributed by atoms with Crippen LogP contribution in [0.3, 0.4) is 0 Å². The number of aliphatic hydroxyl groups is 1. The van der Waals surface area contributed by atoms with Gasteiger partial charge in [0.2, 0.25) is 0 Å². The molecule has 0 fully saturated rings. The van der Waals surface area contributed by atoms with Gasteiger partial charge in [0.05, 0.1) is 6.54 Å². The first kappa shape index (κ1) is 14.8. The SMILES string of the molecule is CCNC(=NCC(O)c1cc2ccccc2s1)N(C)C. The molecule has 4 nitrogen and oxygen atoms in total. The lowest BCUT2D eigenvalue weighted by Gasteiger charge is -2.17. The van der Waals surface area contributed by atoms with Crippen LogP contribution < -0.4 is 5.32 Å². The minimum Gasteiger partial charge on any atom is -0.386 e. The Morgan fingerprint density at radius 3 is 2.80 bits per heavy atom. The summed E-state index contributed by atoms with van der Waals surface area (Å²) in [6.07, 6.45) is -0.555. The fraction of sp³-hybridized carbons (Fsp3) is 0.400. The summed E-state index contributed by atoms with van der Waals surface area (Å²) in [5.74, 6) is 0.799. The maximum absolute atomic E-state index is 10.3. The maximum Gasteiger partial charge on any atom is 0.193 e. The first-order chi connectivity index (χ1) is 9.61. The van der Waals surface area contributed by atoms with Crippen LogP contribution >= 0.6 is 11.3 Å². The summed E-state index contributed by atoms with van der Waals surface area (Å²) in [4.78, 5) is 7.33. The Bertz CT molecular complexity index is 559. The Hall–Kier alpha value is -1.59. The van der Waals surface area contributed by atoms with Crippen molar-refractivity contribution in [3.63, 3.8) is 0 Å². The van der Waals surface area contributed by atoms with Gasteiger partial charge in [0.15, 0.2) is 5.96 Å². The number of aliphatic imine (C=N–C) groups is 1. The van der Waals surface area contributed by atoms with Gasteiger partial charge in [-0.3, -0.25) is 4.99 Å². The molecule has 2 N–H and O–H groups in total. The second-order valence-corrected chi connectivity index (χ2v) is 5.91. The Balaban J connectivity index is 2.10. The Morgan fingerprint density at radius 1 is 1.40 bits per heavy atom. The lowest BCUT2D eigenvalue weighted by Crippen LogP contribution is -2.36. The lowest BCUT2D eigenvalue weighted by molar-refractivity contribution is 0.190. The molecule has 0 aliphatic carbocycles. The number of guanidine groups is 1. The number of thiophene rings is 1. The van der Waals surface area contributed by atoms with E-state index in [2.05, 4.69) is 22.4 Å². The van der Waals surface area contributed by atoms with E-state index in [0.29, 0.717) is 6.54 Å². The van der Waals surface area contributed by atoms with Crippen molar-refractivity contribution >= 4 is 27.4 Å². The highest BCUT2D eigenvalue weighted by atomic mass is 32.1. The molecule has 0 aliphatic heterocycles. The Kier molecular flexibility index (Phi) is 4.98. The Morgan fingerprint density at radius 2 is 2.15 bits per heavy atom. The van der Waals surface area contributed by atoms with Crippen molar-refractivity contribution in [3.8, 4) is 0 Å². The quantitative estimate of drug-likeness (QED) is 0.672. The topological polar surface area (TPSA) is 47.9 Å². The summed E-state index contributed by atoms with van der Waals surface area (Å²) in [7, 11) is 3.88. The van der Waals surface area contributed by atoms with E-state index in [-0.39, 0.29) is 0 Å². The predicted octanol–water partition coefficient (Wildman–Crippen LogP) is 2.46. The molecule has 1 aromatic heterocycles. The highest BCUT2D eigenvalue weighted by Crippen LogP contribution is 2.29. The van der Waals surface area contributed by atoms with Gasteiger partial charge in [0, 0.05) is 30.2 Å². The van der Waals surface area contributed by atoms with Crippen LogP contribution in [0.4, 0.5) is 0 Å². The summed E-state index contributed by atoms with van der Waals surface area (Å²) in [5, 5.41) is 14.6. The normalized spacial score (nSPS) is 13.5. The van der Waals surface area contributed by atoms with Crippen molar-refractivity contribution in [1.29, 1.82) is 0 Å². The molecule has 2 aromatic rings. The number of nitrogens with zero attached hydrogens (tertiary/aromatic N) is 2. The number of rotatable bonds is 4. The van der Waals surface area contributed by atoms with Crippen LogP contribution in [0.1, 0.15) is 17.9 Å². The second-order valence-electron chi connectivity index (χ2n) is 4.79. The van der Waals surface area contributed by atoms with Crippen molar-refractivity contribution in [1.82, 2.24) is 10.2 Å². The van der Waals surface area contributed by atoms with E-state index in [1.54, 1.807) is 11.3 Å². The minimum atomic E-state index is -0.555. The zero-order valence-corrected chi connectivity index (χ0v) is 12.9. The van der Waals surface area contributed by atoms with Crippen LogP contribution in [0.5, 0.6) is 0 Å². The Labute approximate surface area is 123 Å². The monoisotopic (exact) mass is 291 g/mol. The van der Waals surface area contributed by atoms with Crippen LogP contribution in [0, 0.1) is 0 Å². The summed E-state index contributed by atoms with van der Waals surface area (Å²) >= 11 is 1.63. The van der Waals surface area contributed by atoms with Crippen LogP contribution in [-0.2, 0) is 0 Å². The number of fused-ring (bicyclic) bond motifs is 1. The van der Waals surface area contributed by atoms with Gasteiger partial charge in [-0.25, -0.2) is 0 Å². The van der Waals surface area contributed by atoms with E-state index >= 15 is 0 Å². The number of benzene rings is 1. The van der Waals surface area contributed by atoms with Gasteiger partial charge in [-0.05, 0) is 24.4 Å².